The molecule has 0 unspecified atom stereocenters. The van der Waals surface area contributed by atoms with E-state index in [1.165, 1.54) is 38.1 Å². The molecule has 0 bridgehead atoms. The van der Waals surface area contributed by atoms with E-state index >= 15 is 0 Å². The molecular formula is C20H17ClF6N2O2. The van der Waals surface area contributed by atoms with E-state index in [2.05, 4.69) is 10.6 Å². The molecule has 0 saturated carbocycles. The highest BCUT2D eigenvalue weighted by atomic mass is 35.5. The third-order valence-electron chi connectivity index (χ3n) is 4.03. The quantitative estimate of drug-likeness (QED) is 0.538. The van der Waals surface area contributed by atoms with Gasteiger partial charge >= 0.3 is 12.4 Å². The Hall–Kier alpha value is -2.75. The Morgan fingerprint density at radius 2 is 1.35 bits per heavy atom. The van der Waals surface area contributed by atoms with Gasteiger partial charge < -0.3 is 10.6 Å². The Morgan fingerprint density at radius 3 is 1.81 bits per heavy atom. The Bertz CT molecular complexity index is 937. The first-order valence-electron chi connectivity index (χ1n) is 8.74. The standard InChI is InChI=1S/C20H17ClF6N2O2/c1-18(2,10-16(30)28-15-5-3-14(21)4-6-15)29-17(31)11-7-12(19(22,23)24)9-13(8-11)20(25,26)27/h3-9H,10H2,1-2H3,(H,28,30)(H,29,31). The molecule has 2 aromatic rings. The molecule has 2 amide bonds. The van der Waals surface area contributed by atoms with Crippen LogP contribution in [-0.2, 0) is 17.1 Å². The van der Waals surface area contributed by atoms with Crippen molar-refractivity contribution in [3.63, 3.8) is 0 Å². The molecule has 168 valence electrons. The second-order valence-electron chi connectivity index (χ2n) is 7.36. The summed E-state index contributed by atoms with van der Waals surface area (Å²) in [6.45, 7) is 2.81. The topological polar surface area (TPSA) is 58.2 Å². The molecular weight excluding hydrogens is 450 g/mol. The van der Waals surface area contributed by atoms with Gasteiger partial charge in [0, 0.05) is 28.2 Å². The molecule has 2 N–H and O–H groups in total. The summed E-state index contributed by atoms with van der Waals surface area (Å²) in [5.74, 6) is -1.71. The molecule has 11 heteroatoms. The SMILES string of the molecule is CC(C)(CC(=O)Nc1ccc(Cl)cc1)NC(=O)c1cc(C(F)(F)F)cc(C(F)(F)F)c1. The normalized spacial score (nSPS) is 12.4. The Kier molecular flexibility index (Phi) is 6.94. The lowest BCUT2D eigenvalue weighted by Crippen LogP contribution is -2.46. The van der Waals surface area contributed by atoms with Crippen molar-refractivity contribution in [1.29, 1.82) is 0 Å². The third kappa shape index (κ3) is 7.16. The van der Waals surface area contributed by atoms with E-state index in [0.29, 0.717) is 22.8 Å². The summed E-state index contributed by atoms with van der Waals surface area (Å²) in [7, 11) is 0. The highest BCUT2D eigenvalue weighted by Gasteiger charge is 2.38. The van der Waals surface area contributed by atoms with Crippen LogP contribution in [0.2, 0.25) is 5.02 Å². The van der Waals surface area contributed by atoms with Gasteiger partial charge in [-0.1, -0.05) is 11.6 Å². The molecule has 0 aromatic heterocycles. The van der Waals surface area contributed by atoms with Crippen molar-refractivity contribution in [1.82, 2.24) is 5.32 Å². The number of benzene rings is 2. The summed E-state index contributed by atoms with van der Waals surface area (Å²) >= 11 is 5.75. The summed E-state index contributed by atoms with van der Waals surface area (Å²) < 4.78 is 77.9. The Labute approximate surface area is 178 Å². The minimum Gasteiger partial charge on any atom is -0.347 e. The molecule has 31 heavy (non-hydrogen) atoms. The van der Waals surface area contributed by atoms with Crippen molar-refractivity contribution in [3.05, 3.63) is 64.2 Å². The average molecular weight is 467 g/mol. The molecule has 0 fully saturated rings. The van der Waals surface area contributed by atoms with Crippen LogP contribution in [0.3, 0.4) is 0 Å². The van der Waals surface area contributed by atoms with E-state index in [-0.39, 0.29) is 12.5 Å². The molecule has 4 nitrogen and oxygen atoms in total. The summed E-state index contributed by atoms with van der Waals surface area (Å²) in [6, 6.07) is 6.73. The van der Waals surface area contributed by atoms with Gasteiger partial charge in [0.25, 0.3) is 5.91 Å². The molecule has 0 aliphatic heterocycles. The van der Waals surface area contributed by atoms with Crippen molar-refractivity contribution in [3.8, 4) is 0 Å². The number of halogens is 7. The van der Waals surface area contributed by atoms with E-state index in [0.717, 1.165) is 0 Å². The zero-order chi connectivity index (χ0) is 23.6. The zero-order valence-electron chi connectivity index (χ0n) is 16.2. The molecule has 0 atom stereocenters. The molecule has 0 radical (unpaired) electrons. The first kappa shape index (κ1) is 24.5. The van der Waals surface area contributed by atoms with Gasteiger partial charge in [-0.05, 0) is 56.3 Å². The van der Waals surface area contributed by atoms with Crippen LogP contribution in [0.1, 0.15) is 41.8 Å². The third-order valence-corrected chi connectivity index (χ3v) is 4.28. The predicted molar refractivity (Wildman–Crippen MR) is 103 cm³/mol. The fourth-order valence-corrected chi connectivity index (χ4v) is 2.78. The lowest BCUT2D eigenvalue weighted by atomic mass is 9.98. The number of alkyl halides is 6. The Balaban J connectivity index is 2.18. The van der Waals surface area contributed by atoms with E-state index in [1.54, 1.807) is 0 Å². The summed E-state index contributed by atoms with van der Waals surface area (Å²) in [6.07, 6.45) is -10.5. The number of carbonyl (C=O) groups is 2. The fourth-order valence-electron chi connectivity index (χ4n) is 2.65. The first-order chi connectivity index (χ1) is 14.1. The van der Waals surface area contributed by atoms with Crippen LogP contribution in [0.5, 0.6) is 0 Å². The monoisotopic (exact) mass is 466 g/mol. The van der Waals surface area contributed by atoms with Crippen LogP contribution in [0, 0.1) is 0 Å². The number of nitrogens with one attached hydrogen (secondary N) is 2. The number of rotatable bonds is 5. The van der Waals surface area contributed by atoms with Gasteiger partial charge in [-0.3, -0.25) is 9.59 Å². The van der Waals surface area contributed by atoms with Gasteiger partial charge in [-0.2, -0.15) is 26.3 Å². The summed E-state index contributed by atoms with van der Waals surface area (Å²) in [5.41, 5.74) is -4.89. The highest BCUT2D eigenvalue weighted by molar-refractivity contribution is 6.30. The fraction of sp³-hybridized carbons (Fsp3) is 0.300. The van der Waals surface area contributed by atoms with Crippen molar-refractivity contribution >= 4 is 29.1 Å². The van der Waals surface area contributed by atoms with E-state index in [4.69, 9.17) is 11.6 Å². The molecule has 0 aliphatic carbocycles. The van der Waals surface area contributed by atoms with E-state index < -0.39 is 46.4 Å². The van der Waals surface area contributed by atoms with Crippen LogP contribution < -0.4 is 10.6 Å². The molecule has 0 spiro atoms. The summed E-state index contributed by atoms with van der Waals surface area (Å²) in [4.78, 5) is 24.6. The highest BCUT2D eigenvalue weighted by Crippen LogP contribution is 2.36. The van der Waals surface area contributed by atoms with E-state index in [9.17, 15) is 35.9 Å². The number of carbonyl (C=O) groups excluding carboxylic acids is 2. The first-order valence-corrected chi connectivity index (χ1v) is 9.12. The minimum atomic E-state index is -5.08. The summed E-state index contributed by atoms with van der Waals surface area (Å²) in [5, 5.41) is 5.30. The maximum absolute atomic E-state index is 13.0. The number of anilines is 1. The van der Waals surface area contributed by atoms with Gasteiger partial charge in [0.1, 0.15) is 0 Å². The van der Waals surface area contributed by atoms with Crippen molar-refractivity contribution < 1.29 is 35.9 Å². The molecule has 0 heterocycles. The van der Waals surface area contributed by atoms with Gasteiger partial charge in [-0.25, -0.2) is 0 Å². The number of hydrogen-bond acceptors (Lipinski definition) is 2. The van der Waals surface area contributed by atoms with Crippen LogP contribution in [0.15, 0.2) is 42.5 Å². The lowest BCUT2D eigenvalue weighted by Gasteiger charge is -2.26. The molecule has 0 saturated heterocycles. The maximum atomic E-state index is 13.0. The average Bonchev–Trinajstić information content (AvgIpc) is 2.60. The van der Waals surface area contributed by atoms with Crippen LogP contribution in [-0.4, -0.2) is 17.4 Å². The van der Waals surface area contributed by atoms with Crippen molar-refractivity contribution in [2.75, 3.05) is 5.32 Å². The van der Waals surface area contributed by atoms with Crippen LogP contribution in [0.25, 0.3) is 0 Å². The lowest BCUT2D eigenvalue weighted by molar-refractivity contribution is -0.143. The number of amides is 2. The van der Waals surface area contributed by atoms with Crippen LogP contribution >= 0.6 is 11.6 Å². The van der Waals surface area contributed by atoms with Crippen molar-refractivity contribution in [2.24, 2.45) is 0 Å². The van der Waals surface area contributed by atoms with Gasteiger partial charge in [0.15, 0.2) is 0 Å². The predicted octanol–water partition coefficient (Wildman–Crippen LogP) is 5.91. The van der Waals surface area contributed by atoms with Crippen molar-refractivity contribution in [2.45, 2.75) is 38.2 Å². The smallest absolute Gasteiger partial charge is 0.347 e. The zero-order valence-corrected chi connectivity index (χ0v) is 17.0. The van der Waals surface area contributed by atoms with Gasteiger partial charge in [0.05, 0.1) is 11.1 Å². The second-order valence-corrected chi connectivity index (χ2v) is 7.80. The maximum Gasteiger partial charge on any atom is 0.416 e. The van der Waals surface area contributed by atoms with Gasteiger partial charge in [0.2, 0.25) is 5.91 Å². The largest absolute Gasteiger partial charge is 0.416 e. The van der Waals surface area contributed by atoms with E-state index in [1.807, 2.05) is 0 Å². The molecule has 0 aliphatic rings. The molecule has 2 aromatic carbocycles. The minimum absolute atomic E-state index is 0.0680. The number of hydrogen-bond donors (Lipinski definition) is 2. The Morgan fingerprint density at radius 1 is 0.871 bits per heavy atom. The molecule has 2 rings (SSSR count). The van der Waals surface area contributed by atoms with Crippen LogP contribution in [0.4, 0.5) is 32.0 Å². The second kappa shape index (κ2) is 8.78. The van der Waals surface area contributed by atoms with Gasteiger partial charge in [-0.15, -0.1) is 0 Å².